The Kier molecular flexibility index (Phi) is 3.69. The summed E-state index contributed by atoms with van der Waals surface area (Å²) in [6.45, 7) is 2.27. The molecule has 112 valence electrons. The van der Waals surface area contributed by atoms with Gasteiger partial charge in [0.25, 0.3) is 5.91 Å². The van der Waals surface area contributed by atoms with Crippen LogP contribution in [0.1, 0.15) is 21.9 Å². The van der Waals surface area contributed by atoms with Gasteiger partial charge in [-0.15, -0.1) is 5.10 Å². The molecule has 0 radical (unpaired) electrons. The zero-order chi connectivity index (χ0) is 15.5. The average molecular weight is 297 g/mol. The molecule has 0 aliphatic carbocycles. The molecule has 0 spiro atoms. The lowest BCUT2D eigenvalue weighted by Crippen LogP contribution is -2.27. The smallest absolute Gasteiger partial charge is 0.256 e. The van der Waals surface area contributed by atoms with Gasteiger partial charge in [-0.3, -0.25) is 4.79 Å². The number of rotatable bonds is 4. The summed E-state index contributed by atoms with van der Waals surface area (Å²) in [5.74, 6) is 1.44. The predicted molar refractivity (Wildman–Crippen MR) is 78.4 cm³/mol. The maximum absolute atomic E-state index is 12.7. The van der Waals surface area contributed by atoms with E-state index in [-0.39, 0.29) is 5.91 Å². The zero-order valence-corrected chi connectivity index (χ0v) is 12.3. The number of furan rings is 1. The van der Waals surface area contributed by atoms with Crippen molar-refractivity contribution in [2.24, 2.45) is 0 Å². The molecule has 0 aliphatic rings. The fourth-order valence-corrected chi connectivity index (χ4v) is 2.21. The highest BCUT2D eigenvalue weighted by Crippen LogP contribution is 2.16. The van der Waals surface area contributed by atoms with Gasteiger partial charge >= 0.3 is 0 Å². The topological polar surface area (TPSA) is 77.1 Å². The summed E-state index contributed by atoms with van der Waals surface area (Å²) in [6.07, 6.45) is 1.46. The van der Waals surface area contributed by atoms with E-state index in [2.05, 4.69) is 15.5 Å². The van der Waals surface area contributed by atoms with E-state index >= 15 is 0 Å². The number of carbonyl (C=O) groups is 1. The Morgan fingerprint density at radius 2 is 2.09 bits per heavy atom. The average Bonchev–Trinajstić information content (AvgIpc) is 3.18. The quantitative estimate of drug-likeness (QED) is 0.734. The summed E-state index contributed by atoms with van der Waals surface area (Å²) in [4.78, 5) is 14.3. The minimum atomic E-state index is -0.125. The Labute approximate surface area is 127 Å². The SMILES string of the molecule is Cc1ccc(CN(C)C(=O)c2ccccc2-n2cnnn2)o1. The molecule has 0 saturated heterocycles. The summed E-state index contributed by atoms with van der Waals surface area (Å²) >= 11 is 0. The van der Waals surface area contributed by atoms with E-state index in [1.54, 1.807) is 24.1 Å². The summed E-state index contributed by atoms with van der Waals surface area (Å²) in [7, 11) is 1.73. The number of tetrazole rings is 1. The van der Waals surface area contributed by atoms with Crippen molar-refractivity contribution in [3.63, 3.8) is 0 Å². The number of nitrogens with zero attached hydrogens (tertiary/aromatic N) is 5. The third kappa shape index (κ3) is 2.73. The second-order valence-electron chi connectivity index (χ2n) is 4.95. The first kappa shape index (κ1) is 14.0. The maximum atomic E-state index is 12.7. The number of hydrogen-bond donors (Lipinski definition) is 0. The molecular formula is C15H15N5O2. The van der Waals surface area contributed by atoms with Crippen molar-refractivity contribution in [2.75, 3.05) is 7.05 Å². The molecule has 22 heavy (non-hydrogen) atoms. The van der Waals surface area contributed by atoms with Crippen LogP contribution in [0, 0.1) is 6.92 Å². The minimum Gasteiger partial charge on any atom is -0.464 e. The minimum absolute atomic E-state index is 0.125. The highest BCUT2D eigenvalue weighted by Gasteiger charge is 2.18. The summed E-state index contributed by atoms with van der Waals surface area (Å²) in [6, 6.07) is 10.9. The number of hydrogen-bond acceptors (Lipinski definition) is 5. The van der Waals surface area contributed by atoms with Crippen molar-refractivity contribution in [1.29, 1.82) is 0 Å². The number of carbonyl (C=O) groups excluding carboxylic acids is 1. The van der Waals surface area contributed by atoms with Crippen LogP contribution in [0.25, 0.3) is 5.69 Å². The van der Waals surface area contributed by atoms with Crippen LogP contribution >= 0.6 is 0 Å². The Bertz CT molecular complexity index is 779. The standard InChI is InChI=1S/C15H15N5O2/c1-11-7-8-12(22-11)9-19(2)15(21)13-5-3-4-6-14(13)20-10-16-17-18-20/h3-8,10H,9H2,1-2H3. The number of aryl methyl sites for hydroxylation is 1. The molecule has 7 nitrogen and oxygen atoms in total. The predicted octanol–water partition coefficient (Wildman–Crippen LogP) is 1.84. The van der Waals surface area contributed by atoms with Crippen LogP contribution in [-0.2, 0) is 6.54 Å². The van der Waals surface area contributed by atoms with E-state index in [0.717, 1.165) is 11.5 Å². The van der Waals surface area contributed by atoms with Gasteiger partial charge in [0.2, 0.25) is 0 Å². The van der Waals surface area contributed by atoms with Crippen LogP contribution in [-0.4, -0.2) is 38.1 Å². The lowest BCUT2D eigenvalue weighted by atomic mass is 10.1. The summed E-state index contributed by atoms with van der Waals surface area (Å²) in [5.41, 5.74) is 1.17. The van der Waals surface area contributed by atoms with Crippen molar-refractivity contribution < 1.29 is 9.21 Å². The number of benzene rings is 1. The molecule has 0 fully saturated rings. The monoisotopic (exact) mass is 297 g/mol. The summed E-state index contributed by atoms with van der Waals surface area (Å²) < 4.78 is 6.98. The molecule has 0 bridgehead atoms. The molecule has 0 N–H and O–H groups in total. The molecule has 0 saturated carbocycles. The third-order valence-corrected chi connectivity index (χ3v) is 3.27. The van der Waals surface area contributed by atoms with Crippen LogP contribution in [0.3, 0.4) is 0 Å². The molecule has 3 aromatic rings. The van der Waals surface area contributed by atoms with Gasteiger partial charge in [-0.05, 0) is 41.6 Å². The van der Waals surface area contributed by atoms with Crippen molar-refractivity contribution in [2.45, 2.75) is 13.5 Å². The molecule has 0 aliphatic heterocycles. The fraction of sp³-hybridized carbons (Fsp3) is 0.200. The van der Waals surface area contributed by atoms with Crippen molar-refractivity contribution >= 4 is 5.91 Å². The number of amides is 1. The van der Waals surface area contributed by atoms with E-state index in [0.29, 0.717) is 17.8 Å². The van der Waals surface area contributed by atoms with Crippen molar-refractivity contribution in [1.82, 2.24) is 25.1 Å². The van der Waals surface area contributed by atoms with E-state index in [4.69, 9.17) is 4.42 Å². The van der Waals surface area contributed by atoms with Gasteiger partial charge in [0.1, 0.15) is 17.8 Å². The number of para-hydroxylation sites is 1. The van der Waals surface area contributed by atoms with Gasteiger partial charge in [-0.2, -0.15) is 4.68 Å². The Balaban J connectivity index is 1.86. The van der Waals surface area contributed by atoms with Crippen LogP contribution in [0.2, 0.25) is 0 Å². The normalized spacial score (nSPS) is 10.6. The number of aromatic nitrogens is 4. The fourth-order valence-electron chi connectivity index (χ4n) is 2.21. The van der Waals surface area contributed by atoms with Crippen LogP contribution < -0.4 is 0 Å². The van der Waals surface area contributed by atoms with Gasteiger partial charge in [0, 0.05) is 7.05 Å². The van der Waals surface area contributed by atoms with Gasteiger partial charge in [-0.25, -0.2) is 0 Å². The van der Waals surface area contributed by atoms with Crippen molar-refractivity contribution in [3.8, 4) is 5.69 Å². The zero-order valence-electron chi connectivity index (χ0n) is 12.3. The van der Waals surface area contributed by atoms with Gasteiger partial charge in [0.15, 0.2) is 0 Å². The van der Waals surface area contributed by atoms with Gasteiger partial charge in [0.05, 0.1) is 17.8 Å². The first-order valence-corrected chi connectivity index (χ1v) is 6.78. The van der Waals surface area contributed by atoms with Crippen LogP contribution in [0.15, 0.2) is 47.1 Å². The first-order valence-electron chi connectivity index (χ1n) is 6.78. The van der Waals surface area contributed by atoms with Crippen LogP contribution in [0.4, 0.5) is 0 Å². The Morgan fingerprint density at radius 3 is 2.77 bits per heavy atom. The largest absolute Gasteiger partial charge is 0.464 e. The van der Waals surface area contributed by atoms with E-state index in [1.807, 2.05) is 31.2 Å². The molecule has 0 unspecified atom stereocenters. The Morgan fingerprint density at radius 1 is 1.27 bits per heavy atom. The molecule has 0 atom stereocenters. The highest BCUT2D eigenvalue weighted by molar-refractivity contribution is 5.97. The third-order valence-electron chi connectivity index (χ3n) is 3.27. The first-order chi connectivity index (χ1) is 10.6. The summed E-state index contributed by atoms with van der Waals surface area (Å²) in [5, 5.41) is 11.1. The van der Waals surface area contributed by atoms with Crippen LogP contribution in [0.5, 0.6) is 0 Å². The van der Waals surface area contributed by atoms with E-state index in [1.165, 1.54) is 11.0 Å². The highest BCUT2D eigenvalue weighted by atomic mass is 16.3. The van der Waals surface area contributed by atoms with E-state index < -0.39 is 0 Å². The van der Waals surface area contributed by atoms with Gasteiger partial charge in [-0.1, -0.05) is 12.1 Å². The molecule has 2 aromatic heterocycles. The van der Waals surface area contributed by atoms with Gasteiger partial charge < -0.3 is 9.32 Å². The second kappa shape index (κ2) is 5.80. The second-order valence-corrected chi connectivity index (χ2v) is 4.95. The van der Waals surface area contributed by atoms with E-state index in [9.17, 15) is 4.79 Å². The molecule has 7 heteroatoms. The molecule has 1 aromatic carbocycles. The molecule has 3 rings (SSSR count). The lowest BCUT2D eigenvalue weighted by molar-refractivity contribution is 0.0775. The van der Waals surface area contributed by atoms with Crippen molar-refractivity contribution in [3.05, 3.63) is 59.8 Å². The molecular weight excluding hydrogens is 282 g/mol. The Hall–Kier alpha value is -2.96. The molecule has 2 heterocycles. The lowest BCUT2D eigenvalue weighted by Gasteiger charge is -2.17. The molecule has 1 amide bonds. The maximum Gasteiger partial charge on any atom is 0.256 e.